The highest BCUT2D eigenvalue weighted by Gasteiger charge is 2.44. The summed E-state index contributed by atoms with van der Waals surface area (Å²) in [6, 6.07) is 10.1. The minimum absolute atomic E-state index is 0.218. The number of hydrogen-bond acceptors (Lipinski definition) is 5. The van der Waals surface area contributed by atoms with Crippen molar-refractivity contribution in [3.8, 4) is 11.5 Å². The minimum Gasteiger partial charge on any atom is -0.465 e. The molecule has 2 N–H and O–H groups in total. The maximum Gasteiger partial charge on any atom is 0.283 e. The Kier molecular flexibility index (Phi) is 2.24. The second-order valence-corrected chi connectivity index (χ2v) is 4.88. The monoisotopic (exact) mass is 267 g/mol. The summed E-state index contributed by atoms with van der Waals surface area (Å²) in [6.07, 6.45) is 4.19. The molecule has 100 valence electrons. The number of benzene rings is 1. The first-order valence-electron chi connectivity index (χ1n) is 6.49. The number of pyridine rings is 1. The zero-order chi connectivity index (χ0) is 13.6. The number of para-hydroxylation sites is 1. The van der Waals surface area contributed by atoms with Crippen molar-refractivity contribution < 1.29 is 9.47 Å². The first kappa shape index (κ1) is 11.3. The van der Waals surface area contributed by atoms with E-state index in [0.29, 0.717) is 6.61 Å². The van der Waals surface area contributed by atoms with Gasteiger partial charge in [-0.25, -0.2) is 4.99 Å². The van der Waals surface area contributed by atoms with Gasteiger partial charge in [-0.3, -0.25) is 4.98 Å². The highest BCUT2D eigenvalue weighted by Crippen LogP contribution is 2.51. The second kappa shape index (κ2) is 3.96. The summed E-state index contributed by atoms with van der Waals surface area (Å²) in [5.41, 5.74) is 7.30. The van der Waals surface area contributed by atoms with Crippen LogP contribution < -0.4 is 10.5 Å². The van der Waals surface area contributed by atoms with Gasteiger partial charge in [-0.2, -0.15) is 0 Å². The molecule has 0 fully saturated rings. The van der Waals surface area contributed by atoms with Crippen LogP contribution in [-0.2, 0) is 10.3 Å². The molecule has 1 atom stereocenters. The molecule has 2 aromatic rings. The summed E-state index contributed by atoms with van der Waals surface area (Å²) < 4.78 is 11.2. The van der Waals surface area contributed by atoms with E-state index >= 15 is 0 Å². The van der Waals surface area contributed by atoms with Gasteiger partial charge in [0, 0.05) is 23.7 Å². The van der Waals surface area contributed by atoms with E-state index in [1.54, 1.807) is 12.4 Å². The average Bonchev–Trinajstić information content (AvgIpc) is 2.48. The average molecular weight is 267 g/mol. The lowest BCUT2D eigenvalue weighted by molar-refractivity contribution is 0.219. The van der Waals surface area contributed by atoms with Gasteiger partial charge in [0.25, 0.3) is 6.02 Å². The van der Waals surface area contributed by atoms with Crippen molar-refractivity contribution in [1.29, 1.82) is 0 Å². The fourth-order valence-corrected chi connectivity index (χ4v) is 2.93. The molecule has 4 rings (SSSR count). The topological polar surface area (TPSA) is 69.7 Å². The van der Waals surface area contributed by atoms with E-state index in [2.05, 4.69) is 9.98 Å². The number of aliphatic imine (C=N–C) groups is 1. The van der Waals surface area contributed by atoms with Crippen molar-refractivity contribution in [2.24, 2.45) is 10.7 Å². The lowest BCUT2D eigenvalue weighted by atomic mass is 9.78. The maximum absolute atomic E-state index is 5.93. The van der Waals surface area contributed by atoms with Gasteiger partial charge in [0.1, 0.15) is 11.3 Å². The first-order valence-corrected chi connectivity index (χ1v) is 6.49. The summed E-state index contributed by atoms with van der Waals surface area (Å²) >= 11 is 0. The number of fused-ring (bicyclic) bond motifs is 4. The molecule has 20 heavy (non-hydrogen) atoms. The SMILES string of the molecule is NC1=NC2(CCO1)c1ccccc1Oc1cnccc12. The number of nitrogens with two attached hydrogens (primary N) is 1. The van der Waals surface area contributed by atoms with Crippen LogP contribution in [0.1, 0.15) is 17.5 Å². The Labute approximate surface area is 116 Å². The summed E-state index contributed by atoms with van der Waals surface area (Å²) in [7, 11) is 0. The maximum atomic E-state index is 5.93. The van der Waals surface area contributed by atoms with Gasteiger partial charge in [-0.15, -0.1) is 0 Å². The number of rotatable bonds is 0. The molecule has 1 spiro atoms. The predicted octanol–water partition coefficient (Wildman–Crippen LogP) is 2.17. The molecule has 0 saturated heterocycles. The van der Waals surface area contributed by atoms with Gasteiger partial charge in [-0.05, 0) is 12.1 Å². The van der Waals surface area contributed by atoms with E-state index in [9.17, 15) is 0 Å². The molecule has 2 aliphatic rings. The fourth-order valence-electron chi connectivity index (χ4n) is 2.93. The number of nitrogens with zero attached hydrogens (tertiary/aromatic N) is 2. The standard InChI is InChI=1S/C15H13N3O2/c16-14-18-15(6-8-19-14)10-3-1-2-4-12(10)20-13-9-17-7-5-11(13)15/h1-5,7,9H,6,8H2,(H2,16,18). The fraction of sp³-hybridized carbons (Fsp3) is 0.200. The van der Waals surface area contributed by atoms with Gasteiger partial charge in [-0.1, -0.05) is 18.2 Å². The van der Waals surface area contributed by atoms with Crippen LogP contribution in [0.25, 0.3) is 0 Å². The van der Waals surface area contributed by atoms with Crippen LogP contribution in [0.5, 0.6) is 11.5 Å². The van der Waals surface area contributed by atoms with E-state index in [1.165, 1.54) is 0 Å². The molecular weight excluding hydrogens is 254 g/mol. The third-order valence-electron chi connectivity index (χ3n) is 3.80. The Morgan fingerprint density at radius 1 is 1.10 bits per heavy atom. The van der Waals surface area contributed by atoms with Gasteiger partial charge in [0.2, 0.25) is 0 Å². The Morgan fingerprint density at radius 3 is 2.85 bits per heavy atom. The Bertz CT molecular complexity index is 666. The van der Waals surface area contributed by atoms with Gasteiger partial charge in [0.15, 0.2) is 5.75 Å². The number of ether oxygens (including phenoxy) is 2. The largest absolute Gasteiger partial charge is 0.465 e. The van der Waals surface area contributed by atoms with Crippen LogP contribution in [-0.4, -0.2) is 17.6 Å². The molecule has 2 aliphatic heterocycles. The molecule has 1 aromatic heterocycles. The van der Waals surface area contributed by atoms with Crippen molar-refractivity contribution in [3.05, 3.63) is 53.9 Å². The van der Waals surface area contributed by atoms with E-state index < -0.39 is 5.54 Å². The Balaban J connectivity index is 2.04. The van der Waals surface area contributed by atoms with E-state index in [4.69, 9.17) is 15.2 Å². The van der Waals surface area contributed by atoms with Gasteiger partial charge in [0.05, 0.1) is 12.8 Å². The number of aromatic nitrogens is 1. The van der Waals surface area contributed by atoms with E-state index in [1.807, 2.05) is 30.3 Å². The molecule has 3 heterocycles. The van der Waals surface area contributed by atoms with Crippen LogP contribution in [0, 0.1) is 0 Å². The third-order valence-corrected chi connectivity index (χ3v) is 3.80. The molecule has 1 unspecified atom stereocenters. The molecule has 5 heteroatoms. The highest BCUT2D eigenvalue weighted by atomic mass is 16.5. The molecule has 0 amide bonds. The molecule has 0 radical (unpaired) electrons. The van der Waals surface area contributed by atoms with E-state index in [0.717, 1.165) is 29.0 Å². The van der Waals surface area contributed by atoms with Crippen LogP contribution in [0.3, 0.4) is 0 Å². The van der Waals surface area contributed by atoms with Crippen molar-refractivity contribution in [1.82, 2.24) is 4.98 Å². The molecule has 0 aliphatic carbocycles. The van der Waals surface area contributed by atoms with Crippen LogP contribution in [0.15, 0.2) is 47.7 Å². The summed E-state index contributed by atoms with van der Waals surface area (Å²) in [5.74, 6) is 1.52. The second-order valence-electron chi connectivity index (χ2n) is 4.88. The molecule has 1 aromatic carbocycles. The molecule has 0 bridgehead atoms. The summed E-state index contributed by atoms with van der Waals surface area (Å²) in [4.78, 5) is 8.75. The normalized spacial score (nSPS) is 23.1. The predicted molar refractivity (Wildman–Crippen MR) is 73.7 cm³/mol. The zero-order valence-corrected chi connectivity index (χ0v) is 10.7. The lowest BCUT2D eigenvalue weighted by Crippen LogP contribution is -2.38. The molecule has 5 nitrogen and oxygen atoms in total. The molecule has 0 saturated carbocycles. The summed E-state index contributed by atoms with van der Waals surface area (Å²) in [6.45, 7) is 0.533. The quantitative estimate of drug-likeness (QED) is 0.794. The highest BCUT2D eigenvalue weighted by molar-refractivity contribution is 5.74. The number of hydrogen-bond donors (Lipinski definition) is 1. The van der Waals surface area contributed by atoms with Gasteiger partial charge >= 0.3 is 0 Å². The zero-order valence-electron chi connectivity index (χ0n) is 10.7. The van der Waals surface area contributed by atoms with Gasteiger partial charge < -0.3 is 15.2 Å². The van der Waals surface area contributed by atoms with Crippen LogP contribution in [0.4, 0.5) is 0 Å². The first-order chi connectivity index (χ1) is 9.79. The Morgan fingerprint density at radius 2 is 1.95 bits per heavy atom. The number of amidine groups is 1. The third kappa shape index (κ3) is 1.43. The lowest BCUT2D eigenvalue weighted by Gasteiger charge is -2.38. The summed E-state index contributed by atoms with van der Waals surface area (Å²) in [5, 5.41) is 0. The minimum atomic E-state index is -0.532. The molecular formula is C15H13N3O2. The van der Waals surface area contributed by atoms with Crippen molar-refractivity contribution >= 4 is 6.02 Å². The smallest absolute Gasteiger partial charge is 0.283 e. The van der Waals surface area contributed by atoms with Crippen molar-refractivity contribution in [2.75, 3.05) is 6.61 Å². The van der Waals surface area contributed by atoms with Crippen LogP contribution in [0.2, 0.25) is 0 Å². The van der Waals surface area contributed by atoms with Crippen molar-refractivity contribution in [3.63, 3.8) is 0 Å². The van der Waals surface area contributed by atoms with Crippen LogP contribution >= 0.6 is 0 Å². The van der Waals surface area contributed by atoms with Crippen molar-refractivity contribution in [2.45, 2.75) is 12.0 Å². The Hall–Kier alpha value is -2.56. The van der Waals surface area contributed by atoms with E-state index in [-0.39, 0.29) is 6.02 Å².